The van der Waals surface area contributed by atoms with Crippen molar-refractivity contribution < 1.29 is 35.9 Å². The van der Waals surface area contributed by atoms with Gasteiger partial charge in [0.05, 0.1) is 20.6 Å². The second-order valence-electron chi connectivity index (χ2n) is 5.89. The van der Waals surface area contributed by atoms with Gasteiger partial charge in [-0.3, -0.25) is 9.52 Å². The highest BCUT2D eigenvalue weighted by molar-refractivity contribution is 7.92. The number of carbonyl (C=O) groups excluding carboxylic acids is 1. The summed E-state index contributed by atoms with van der Waals surface area (Å²) in [6, 6.07) is 9.99. The van der Waals surface area contributed by atoms with Crippen LogP contribution in [0.2, 0.25) is 0 Å². The average molecular weight is 432 g/mol. The maximum Gasteiger partial charge on any atom is 0.405 e. The van der Waals surface area contributed by atoms with Crippen LogP contribution in [0.1, 0.15) is 5.56 Å². The molecule has 2 rings (SSSR count). The van der Waals surface area contributed by atoms with Crippen molar-refractivity contribution in [2.24, 2.45) is 0 Å². The van der Waals surface area contributed by atoms with Gasteiger partial charge in [-0.25, -0.2) is 8.42 Å². The molecule has 0 aliphatic heterocycles. The summed E-state index contributed by atoms with van der Waals surface area (Å²) >= 11 is 0. The van der Waals surface area contributed by atoms with Crippen LogP contribution in [0.3, 0.4) is 0 Å². The highest BCUT2D eigenvalue weighted by atomic mass is 32.2. The van der Waals surface area contributed by atoms with Crippen molar-refractivity contribution in [3.8, 4) is 11.5 Å². The molecule has 2 aromatic carbocycles. The van der Waals surface area contributed by atoms with Gasteiger partial charge < -0.3 is 14.8 Å². The van der Waals surface area contributed by atoms with Gasteiger partial charge in [-0.1, -0.05) is 12.1 Å². The van der Waals surface area contributed by atoms with Gasteiger partial charge in [0.25, 0.3) is 10.0 Å². The molecule has 2 N–H and O–H groups in total. The molecule has 0 spiro atoms. The van der Waals surface area contributed by atoms with E-state index >= 15 is 0 Å². The molecular weight excluding hydrogens is 413 g/mol. The molecule has 11 heteroatoms. The Hall–Kier alpha value is -2.95. The van der Waals surface area contributed by atoms with Gasteiger partial charge in [-0.15, -0.1) is 0 Å². The van der Waals surface area contributed by atoms with Gasteiger partial charge in [0.2, 0.25) is 5.91 Å². The number of nitrogens with one attached hydrogen (secondary N) is 2. The van der Waals surface area contributed by atoms with Crippen molar-refractivity contribution in [1.82, 2.24) is 5.32 Å². The van der Waals surface area contributed by atoms with Gasteiger partial charge in [0.1, 0.15) is 22.9 Å². The molecule has 0 heterocycles. The van der Waals surface area contributed by atoms with Gasteiger partial charge in [0, 0.05) is 11.8 Å². The molecule has 0 aliphatic rings. The number of methoxy groups -OCH3 is 2. The molecule has 7 nitrogen and oxygen atoms in total. The lowest BCUT2D eigenvalue weighted by molar-refractivity contribution is -0.138. The van der Waals surface area contributed by atoms with E-state index in [0.717, 1.165) is 0 Å². The van der Waals surface area contributed by atoms with Crippen LogP contribution in [0.5, 0.6) is 11.5 Å². The van der Waals surface area contributed by atoms with Crippen LogP contribution in [0.15, 0.2) is 47.4 Å². The van der Waals surface area contributed by atoms with Gasteiger partial charge in [-0.2, -0.15) is 13.2 Å². The number of rotatable bonds is 8. The highest BCUT2D eigenvalue weighted by Gasteiger charge is 2.27. The lowest BCUT2D eigenvalue weighted by Gasteiger charge is -2.13. The predicted octanol–water partition coefficient (Wildman–Crippen LogP) is 2.73. The first kappa shape index (κ1) is 22.3. The zero-order valence-electron chi connectivity index (χ0n) is 15.5. The second-order valence-corrected chi connectivity index (χ2v) is 7.54. The molecule has 29 heavy (non-hydrogen) atoms. The van der Waals surface area contributed by atoms with Gasteiger partial charge in [0.15, 0.2) is 0 Å². The summed E-state index contributed by atoms with van der Waals surface area (Å²) in [6.07, 6.45) is -4.76. The van der Waals surface area contributed by atoms with E-state index in [-0.39, 0.29) is 22.8 Å². The number of halogens is 3. The zero-order chi connectivity index (χ0) is 21.7. The third-order valence-electron chi connectivity index (χ3n) is 3.72. The Morgan fingerprint density at radius 1 is 1.03 bits per heavy atom. The van der Waals surface area contributed by atoms with Crippen LogP contribution in [0.25, 0.3) is 0 Å². The van der Waals surface area contributed by atoms with E-state index in [4.69, 9.17) is 9.47 Å². The van der Waals surface area contributed by atoms with Crippen LogP contribution in [-0.4, -0.2) is 41.3 Å². The summed E-state index contributed by atoms with van der Waals surface area (Å²) in [6.45, 7) is -1.41. The molecule has 0 radical (unpaired) electrons. The Morgan fingerprint density at radius 3 is 2.24 bits per heavy atom. The van der Waals surface area contributed by atoms with Gasteiger partial charge >= 0.3 is 6.18 Å². The minimum Gasteiger partial charge on any atom is -0.497 e. The standard InChI is InChI=1S/C18H19F3N2O5S/c1-27-14-7-8-15(28-2)16(10-14)29(25,26)23-13-5-3-12(4-6-13)9-17(24)22-11-18(19,20)21/h3-8,10,23H,9,11H2,1-2H3,(H,22,24). The lowest BCUT2D eigenvalue weighted by atomic mass is 10.1. The lowest BCUT2D eigenvalue weighted by Crippen LogP contribution is -2.34. The summed E-state index contributed by atoms with van der Waals surface area (Å²) < 4.78 is 74.2. The number of carbonyl (C=O) groups is 1. The first-order valence-corrected chi connectivity index (χ1v) is 9.69. The normalized spacial score (nSPS) is 11.6. The summed E-state index contributed by atoms with van der Waals surface area (Å²) in [5.41, 5.74) is 0.626. The Balaban J connectivity index is 2.10. The van der Waals surface area contributed by atoms with E-state index in [2.05, 4.69) is 4.72 Å². The van der Waals surface area contributed by atoms with Crippen molar-refractivity contribution >= 4 is 21.6 Å². The smallest absolute Gasteiger partial charge is 0.405 e. The second kappa shape index (κ2) is 9.03. The van der Waals surface area contributed by atoms with E-state index in [9.17, 15) is 26.4 Å². The molecule has 158 valence electrons. The number of hydrogen-bond acceptors (Lipinski definition) is 5. The predicted molar refractivity (Wildman–Crippen MR) is 99.6 cm³/mol. The van der Waals surface area contributed by atoms with Crippen molar-refractivity contribution in [3.05, 3.63) is 48.0 Å². The van der Waals surface area contributed by atoms with Gasteiger partial charge in [-0.05, 0) is 29.8 Å². The number of benzene rings is 2. The fourth-order valence-electron chi connectivity index (χ4n) is 2.34. The largest absolute Gasteiger partial charge is 0.497 e. The van der Waals surface area contributed by atoms with Crippen LogP contribution in [0, 0.1) is 0 Å². The molecular formula is C18H19F3N2O5S. The van der Waals surface area contributed by atoms with Crippen LogP contribution in [-0.2, 0) is 21.2 Å². The van der Waals surface area contributed by atoms with E-state index in [1.54, 1.807) is 11.4 Å². The Morgan fingerprint density at radius 2 is 1.69 bits per heavy atom. The number of anilines is 1. The van der Waals surface area contributed by atoms with Crippen LogP contribution < -0.4 is 19.5 Å². The number of amides is 1. The van der Waals surface area contributed by atoms with Crippen molar-refractivity contribution in [2.45, 2.75) is 17.5 Å². The summed E-state index contributed by atoms with van der Waals surface area (Å²) in [7, 11) is -1.28. The van der Waals surface area contributed by atoms with Crippen LogP contribution in [0.4, 0.5) is 18.9 Å². The van der Waals surface area contributed by atoms with E-state index in [1.807, 2.05) is 0 Å². The third kappa shape index (κ3) is 6.56. The molecule has 0 unspecified atom stereocenters. The summed E-state index contributed by atoms with van der Waals surface area (Å²) in [5, 5.41) is 1.77. The molecule has 0 aliphatic carbocycles. The zero-order valence-corrected chi connectivity index (χ0v) is 16.4. The van der Waals surface area contributed by atoms with E-state index in [0.29, 0.717) is 11.3 Å². The Labute approximate surface area is 165 Å². The molecule has 0 atom stereocenters. The molecule has 2 aromatic rings. The van der Waals surface area contributed by atoms with Crippen molar-refractivity contribution in [1.29, 1.82) is 0 Å². The molecule has 0 fully saturated rings. The van der Waals surface area contributed by atoms with E-state index in [1.165, 1.54) is 50.6 Å². The minimum absolute atomic E-state index is 0.122. The molecule has 1 amide bonds. The van der Waals surface area contributed by atoms with Crippen molar-refractivity contribution in [2.75, 3.05) is 25.5 Å². The molecule has 0 saturated heterocycles. The first-order chi connectivity index (χ1) is 13.5. The molecule has 0 saturated carbocycles. The quantitative estimate of drug-likeness (QED) is 0.669. The number of ether oxygens (including phenoxy) is 2. The van der Waals surface area contributed by atoms with Crippen molar-refractivity contribution in [3.63, 3.8) is 0 Å². The fraction of sp³-hybridized carbons (Fsp3) is 0.278. The summed E-state index contributed by atoms with van der Waals surface area (Å²) in [5.74, 6) is -0.348. The summed E-state index contributed by atoms with van der Waals surface area (Å²) in [4.78, 5) is 11.4. The topological polar surface area (TPSA) is 93.7 Å². The monoisotopic (exact) mass is 432 g/mol. The maximum atomic E-state index is 12.7. The Bertz CT molecular complexity index is 960. The number of hydrogen-bond donors (Lipinski definition) is 2. The molecule has 0 aromatic heterocycles. The number of sulfonamides is 1. The minimum atomic E-state index is -4.49. The van der Waals surface area contributed by atoms with Crippen LogP contribution >= 0.6 is 0 Å². The fourth-order valence-corrected chi connectivity index (χ4v) is 3.59. The number of alkyl halides is 3. The maximum absolute atomic E-state index is 12.7. The first-order valence-electron chi connectivity index (χ1n) is 8.21. The SMILES string of the molecule is COc1ccc(OC)c(S(=O)(=O)Nc2ccc(CC(=O)NCC(F)(F)F)cc2)c1. The van der Waals surface area contributed by atoms with E-state index < -0.39 is 28.7 Å². The third-order valence-corrected chi connectivity index (χ3v) is 5.12. The average Bonchev–Trinajstić information content (AvgIpc) is 2.66. The highest BCUT2D eigenvalue weighted by Crippen LogP contribution is 2.29. The Kier molecular flexibility index (Phi) is 6.96. The molecule has 0 bridgehead atoms.